The molecule has 0 saturated heterocycles. The Morgan fingerprint density at radius 1 is 1.22 bits per heavy atom. The summed E-state index contributed by atoms with van der Waals surface area (Å²) in [5.41, 5.74) is -0.0269. The van der Waals surface area contributed by atoms with Gasteiger partial charge in [0.05, 0.1) is 11.1 Å². The van der Waals surface area contributed by atoms with E-state index in [9.17, 15) is 19.8 Å². The van der Waals surface area contributed by atoms with Crippen molar-refractivity contribution in [1.82, 2.24) is 0 Å². The molecule has 6 nitrogen and oxygen atoms in total. The first kappa shape index (κ1) is 12.5. The number of ether oxygens (including phenoxy) is 2. The van der Waals surface area contributed by atoms with Crippen molar-refractivity contribution < 1.29 is 29.3 Å². The molecule has 1 aliphatic rings. The first-order valence-electron chi connectivity index (χ1n) is 5.41. The van der Waals surface area contributed by atoms with Gasteiger partial charge in [-0.1, -0.05) is 19.1 Å². The number of fused-ring (bicyclic) bond motifs is 1. The maximum Gasteiger partial charge on any atom is 0.341 e. The van der Waals surface area contributed by atoms with Crippen molar-refractivity contribution in [1.29, 1.82) is 0 Å². The molecule has 0 spiro atoms. The average Bonchev–Trinajstić information content (AvgIpc) is 2.37. The highest BCUT2D eigenvalue weighted by atomic mass is 16.7. The smallest absolute Gasteiger partial charge is 0.341 e. The van der Waals surface area contributed by atoms with Crippen LogP contribution in [0.5, 0.6) is 0 Å². The van der Waals surface area contributed by atoms with E-state index < -0.39 is 24.0 Å². The number of aliphatic hydroxyl groups excluding tert-OH is 1. The molecule has 2 atom stereocenters. The lowest BCUT2D eigenvalue weighted by Crippen LogP contribution is -2.49. The van der Waals surface area contributed by atoms with E-state index in [0.717, 1.165) is 0 Å². The van der Waals surface area contributed by atoms with E-state index in [1.807, 2.05) is 0 Å². The standard InChI is InChI=1S/C12H12O6/c1-2-12(16)11(15)17-9(13)7-5-3-4-6-8(7)10(14)18-12/h3-6,11,15-16H,2H2,1H3. The van der Waals surface area contributed by atoms with Crippen LogP contribution in [0.3, 0.4) is 0 Å². The fourth-order valence-corrected chi connectivity index (χ4v) is 1.61. The minimum absolute atomic E-state index is 0.0127. The van der Waals surface area contributed by atoms with Crippen molar-refractivity contribution in [2.24, 2.45) is 0 Å². The molecule has 6 heteroatoms. The molecule has 1 aromatic carbocycles. The summed E-state index contributed by atoms with van der Waals surface area (Å²) in [6.07, 6.45) is -2.04. The zero-order valence-corrected chi connectivity index (χ0v) is 9.62. The van der Waals surface area contributed by atoms with Crippen LogP contribution in [0.1, 0.15) is 34.1 Å². The highest BCUT2D eigenvalue weighted by molar-refractivity contribution is 6.03. The number of esters is 2. The number of benzene rings is 1. The molecule has 0 saturated carbocycles. The zero-order valence-electron chi connectivity index (χ0n) is 9.62. The summed E-state index contributed by atoms with van der Waals surface area (Å²) in [7, 11) is 0. The van der Waals surface area contributed by atoms with E-state index >= 15 is 0 Å². The number of cyclic esters (lactones) is 2. The van der Waals surface area contributed by atoms with Crippen molar-refractivity contribution in [2.75, 3.05) is 0 Å². The van der Waals surface area contributed by atoms with Gasteiger partial charge in [0.15, 0.2) is 0 Å². The number of hydrogen-bond acceptors (Lipinski definition) is 6. The van der Waals surface area contributed by atoms with Gasteiger partial charge in [0.2, 0.25) is 0 Å². The summed E-state index contributed by atoms with van der Waals surface area (Å²) >= 11 is 0. The molecule has 0 aromatic heterocycles. The minimum atomic E-state index is -2.24. The molecule has 0 bridgehead atoms. The van der Waals surface area contributed by atoms with Crippen molar-refractivity contribution in [3.8, 4) is 0 Å². The Bertz CT molecular complexity index is 497. The molecular weight excluding hydrogens is 240 g/mol. The molecule has 0 fully saturated rings. The second-order valence-corrected chi connectivity index (χ2v) is 3.89. The quantitative estimate of drug-likeness (QED) is 0.704. The Hall–Kier alpha value is -1.92. The van der Waals surface area contributed by atoms with Gasteiger partial charge in [-0.05, 0) is 12.1 Å². The van der Waals surface area contributed by atoms with Crippen molar-refractivity contribution >= 4 is 11.9 Å². The monoisotopic (exact) mass is 252 g/mol. The van der Waals surface area contributed by atoms with E-state index in [2.05, 4.69) is 4.74 Å². The van der Waals surface area contributed by atoms with Crippen molar-refractivity contribution in [2.45, 2.75) is 25.4 Å². The van der Waals surface area contributed by atoms with Gasteiger partial charge in [-0.3, -0.25) is 0 Å². The molecule has 18 heavy (non-hydrogen) atoms. The number of carbonyl (C=O) groups excluding carboxylic acids is 2. The van der Waals surface area contributed by atoms with Gasteiger partial charge >= 0.3 is 11.9 Å². The first-order valence-corrected chi connectivity index (χ1v) is 5.41. The summed E-state index contributed by atoms with van der Waals surface area (Å²) in [4.78, 5) is 23.5. The second-order valence-electron chi connectivity index (χ2n) is 3.89. The van der Waals surface area contributed by atoms with Gasteiger partial charge in [-0.15, -0.1) is 0 Å². The maximum atomic E-state index is 11.8. The van der Waals surface area contributed by atoms with Crippen molar-refractivity contribution in [3.05, 3.63) is 35.4 Å². The second kappa shape index (κ2) is 4.40. The van der Waals surface area contributed by atoms with Gasteiger partial charge in [0.1, 0.15) is 0 Å². The Balaban J connectivity index is 2.50. The van der Waals surface area contributed by atoms with E-state index in [1.54, 1.807) is 12.1 Å². The fraction of sp³-hybridized carbons (Fsp3) is 0.333. The summed E-state index contributed by atoms with van der Waals surface area (Å²) in [6.45, 7) is 1.48. The fourth-order valence-electron chi connectivity index (χ4n) is 1.61. The molecular formula is C12H12O6. The number of aliphatic hydroxyl groups is 2. The van der Waals surface area contributed by atoms with Crippen LogP contribution >= 0.6 is 0 Å². The Labute approximate surface area is 103 Å². The molecule has 1 aliphatic heterocycles. The molecule has 96 valence electrons. The van der Waals surface area contributed by atoms with Crippen LogP contribution in [0, 0.1) is 0 Å². The summed E-state index contributed by atoms with van der Waals surface area (Å²) in [5, 5.41) is 19.5. The van der Waals surface area contributed by atoms with Crippen LogP contribution in [-0.4, -0.2) is 34.2 Å². The van der Waals surface area contributed by atoms with Gasteiger partial charge in [-0.25, -0.2) is 9.59 Å². The third-order valence-corrected chi connectivity index (χ3v) is 2.75. The van der Waals surface area contributed by atoms with E-state index in [4.69, 9.17) is 4.74 Å². The molecule has 2 N–H and O–H groups in total. The van der Waals surface area contributed by atoms with Gasteiger partial charge in [0, 0.05) is 6.42 Å². The molecule has 0 radical (unpaired) electrons. The molecule has 1 aromatic rings. The largest absolute Gasteiger partial charge is 0.425 e. The van der Waals surface area contributed by atoms with E-state index in [0.29, 0.717) is 0 Å². The van der Waals surface area contributed by atoms with Crippen LogP contribution in [0.4, 0.5) is 0 Å². The highest BCUT2D eigenvalue weighted by Crippen LogP contribution is 2.25. The van der Waals surface area contributed by atoms with Crippen LogP contribution in [-0.2, 0) is 9.47 Å². The zero-order chi connectivity index (χ0) is 13.3. The molecule has 1 heterocycles. The van der Waals surface area contributed by atoms with Crippen LogP contribution < -0.4 is 0 Å². The normalized spacial score (nSPS) is 27.6. The van der Waals surface area contributed by atoms with Gasteiger partial charge in [-0.2, -0.15) is 0 Å². The van der Waals surface area contributed by atoms with E-state index in [1.165, 1.54) is 19.1 Å². The van der Waals surface area contributed by atoms with Gasteiger partial charge < -0.3 is 19.7 Å². The molecule has 2 rings (SSSR count). The summed E-state index contributed by atoms with van der Waals surface area (Å²) in [5.74, 6) is -4.01. The van der Waals surface area contributed by atoms with Crippen molar-refractivity contribution in [3.63, 3.8) is 0 Å². The SMILES string of the molecule is CCC1(O)OC(=O)c2ccccc2C(=O)OC1O. The number of carbonyl (C=O) groups is 2. The third-order valence-electron chi connectivity index (χ3n) is 2.75. The predicted octanol–water partition coefficient (Wildman–Crippen LogP) is 0.431. The third kappa shape index (κ3) is 1.96. The molecule has 2 unspecified atom stereocenters. The molecule has 0 aliphatic carbocycles. The number of rotatable bonds is 1. The van der Waals surface area contributed by atoms with Crippen LogP contribution in [0.15, 0.2) is 24.3 Å². The first-order chi connectivity index (χ1) is 8.48. The lowest BCUT2D eigenvalue weighted by molar-refractivity contribution is -0.287. The van der Waals surface area contributed by atoms with Gasteiger partial charge in [0.25, 0.3) is 12.1 Å². The summed E-state index contributed by atoms with van der Waals surface area (Å²) in [6, 6.07) is 5.86. The Morgan fingerprint density at radius 3 is 2.33 bits per heavy atom. The maximum absolute atomic E-state index is 11.8. The lowest BCUT2D eigenvalue weighted by Gasteiger charge is -2.32. The minimum Gasteiger partial charge on any atom is -0.425 e. The molecule has 0 amide bonds. The highest BCUT2D eigenvalue weighted by Gasteiger charge is 2.44. The Morgan fingerprint density at radius 2 is 1.78 bits per heavy atom. The van der Waals surface area contributed by atoms with Crippen LogP contribution in [0.25, 0.3) is 0 Å². The predicted molar refractivity (Wildman–Crippen MR) is 58.5 cm³/mol. The number of hydrogen-bond donors (Lipinski definition) is 2. The van der Waals surface area contributed by atoms with E-state index in [-0.39, 0.29) is 17.5 Å². The average molecular weight is 252 g/mol. The summed E-state index contributed by atoms with van der Waals surface area (Å²) < 4.78 is 9.47. The lowest BCUT2D eigenvalue weighted by atomic mass is 10.1. The Kier molecular flexibility index (Phi) is 3.06. The topological polar surface area (TPSA) is 93.1 Å². The van der Waals surface area contributed by atoms with Crippen LogP contribution in [0.2, 0.25) is 0 Å².